The van der Waals surface area contributed by atoms with Gasteiger partial charge < -0.3 is 9.47 Å². The Morgan fingerprint density at radius 2 is 1.40 bits per heavy atom. The summed E-state index contributed by atoms with van der Waals surface area (Å²) in [4.78, 5) is 13.3. The van der Waals surface area contributed by atoms with Gasteiger partial charge in [-0.1, -0.05) is 140 Å². The van der Waals surface area contributed by atoms with Gasteiger partial charge in [0.15, 0.2) is 5.82 Å². The van der Waals surface area contributed by atoms with Gasteiger partial charge in [0.05, 0.1) is 34.2 Å². The van der Waals surface area contributed by atoms with Crippen LogP contribution in [-0.2, 0) is 0 Å². The molecule has 4 unspecified atom stereocenters. The molecule has 7 aromatic rings. The largest absolute Gasteiger partial charge is 0.333 e. The Hall–Kier alpha value is -6.52. The summed E-state index contributed by atoms with van der Waals surface area (Å²) in [6, 6.07) is 46.8. The fourth-order valence-electron chi connectivity index (χ4n) is 9.90. The highest BCUT2D eigenvalue weighted by Crippen LogP contribution is 2.52. The Bertz CT molecular complexity index is 2810. The molecule has 0 N–H and O–H groups in total. The molecule has 2 aromatic heterocycles. The molecule has 4 aliphatic rings. The van der Waals surface area contributed by atoms with Crippen molar-refractivity contribution in [3.8, 4) is 17.1 Å². The predicted octanol–water partition coefficient (Wildman–Crippen LogP) is 13.3. The molecule has 4 nitrogen and oxygen atoms in total. The molecule has 0 bridgehead atoms. The normalized spacial score (nSPS) is 21.1. The summed E-state index contributed by atoms with van der Waals surface area (Å²) >= 11 is 0. The highest BCUT2D eigenvalue weighted by molar-refractivity contribution is 6.09. The van der Waals surface area contributed by atoms with Crippen molar-refractivity contribution in [2.24, 2.45) is 5.92 Å². The Morgan fingerprint density at radius 1 is 0.649 bits per heavy atom. The monoisotopic (exact) mass is 736 g/mol. The van der Waals surface area contributed by atoms with Gasteiger partial charge in [-0.25, -0.2) is 9.97 Å². The maximum Gasteiger partial charge on any atom is 0.160 e. The molecule has 4 heteroatoms. The molecule has 3 heterocycles. The van der Waals surface area contributed by atoms with Crippen LogP contribution in [0.4, 0.5) is 11.4 Å². The van der Waals surface area contributed by atoms with E-state index in [1.807, 2.05) is 0 Å². The Kier molecular flexibility index (Phi) is 8.24. The molecule has 11 rings (SSSR count). The number of anilines is 2. The summed E-state index contributed by atoms with van der Waals surface area (Å²) < 4.78 is 2.46. The predicted molar refractivity (Wildman–Crippen MR) is 237 cm³/mol. The summed E-state index contributed by atoms with van der Waals surface area (Å²) in [5.74, 6) is 1.70. The van der Waals surface area contributed by atoms with Crippen molar-refractivity contribution in [3.63, 3.8) is 0 Å². The first-order chi connectivity index (χ1) is 28.2. The number of rotatable bonds is 6. The standard InChI is InChI=1S/C53H44N4/c1-35-17-5-6-22-39(35)47-34-46(36-18-3-2-4-19-36)54-53(55-47)37-20-15-21-38(33-37)56-48-29-11-9-25-42(48)44-27-16-28-45(52(44)56)43-26-10-14-32-51(43)57-49-30-12-7-23-40(49)41-24-8-13-31-50(41)57/h3,5-16,18,20-36,44,52H,2,4,17,19H2,1H3. The van der Waals surface area contributed by atoms with E-state index >= 15 is 0 Å². The number of nitrogens with zero attached hydrogens (tertiary/aromatic N) is 4. The zero-order valence-corrected chi connectivity index (χ0v) is 32.2. The smallest absolute Gasteiger partial charge is 0.160 e. The molecule has 0 radical (unpaired) electrons. The van der Waals surface area contributed by atoms with Crippen molar-refractivity contribution in [3.05, 3.63) is 199 Å². The summed E-state index contributed by atoms with van der Waals surface area (Å²) in [5, 5.41) is 2.54. The van der Waals surface area contributed by atoms with E-state index in [4.69, 9.17) is 9.97 Å². The van der Waals surface area contributed by atoms with Gasteiger partial charge >= 0.3 is 0 Å². The quantitative estimate of drug-likeness (QED) is 0.159. The van der Waals surface area contributed by atoms with Gasteiger partial charge in [0, 0.05) is 45.1 Å². The molecule has 0 saturated carbocycles. The second-order valence-electron chi connectivity index (χ2n) is 16.0. The number of fused-ring (bicyclic) bond motifs is 6. The maximum atomic E-state index is 5.34. The lowest BCUT2D eigenvalue weighted by atomic mass is 9.82. The van der Waals surface area contributed by atoms with E-state index in [0.717, 1.165) is 47.7 Å². The third-order valence-corrected chi connectivity index (χ3v) is 12.6. The molecular weight excluding hydrogens is 693 g/mol. The van der Waals surface area contributed by atoms with Crippen LogP contribution in [0.5, 0.6) is 0 Å². The van der Waals surface area contributed by atoms with Gasteiger partial charge in [-0.15, -0.1) is 0 Å². The van der Waals surface area contributed by atoms with E-state index < -0.39 is 0 Å². The van der Waals surface area contributed by atoms with E-state index in [-0.39, 0.29) is 12.0 Å². The molecule has 4 atom stereocenters. The first-order valence-electron chi connectivity index (χ1n) is 20.6. The minimum absolute atomic E-state index is 0.0483. The second kappa shape index (κ2) is 13.9. The summed E-state index contributed by atoms with van der Waals surface area (Å²) in [7, 11) is 0. The molecule has 57 heavy (non-hydrogen) atoms. The number of benzene rings is 5. The molecule has 0 amide bonds. The lowest BCUT2D eigenvalue weighted by molar-refractivity contribution is 0.639. The molecule has 0 saturated heterocycles. The summed E-state index contributed by atoms with van der Waals surface area (Å²) in [5.41, 5.74) is 14.4. The number of para-hydroxylation sites is 4. The fourth-order valence-corrected chi connectivity index (χ4v) is 9.90. The van der Waals surface area contributed by atoms with E-state index in [1.54, 1.807) is 0 Å². The average molecular weight is 737 g/mol. The third-order valence-electron chi connectivity index (χ3n) is 12.6. The van der Waals surface area contributed by atoms with Crippen LogP contribution in [0.25, 0.3) is 50.0 Å². The molecule has 5 aromatic carbocycles. The van der Waals surface area contributed by atoms with Crippen LogP contribution < -0.4 is 4.90 Å². The van der Waals surface area contributed by atoms with Crippen LogP contribution in [0.15, 0.2) is 176 Å². The van der Waals surface area contributed by atoms with Crippen molar-refractivity contribution in [1.29, 1.82) is 0 Å². The third kappa shape index (κ3) is 5.65. The average Bonchev–Trinajstić information content (AvgIpc) is 3.80. The van der Waals surface area contributed by atoms with Crippen LogP contribution in [0.1, 0.15) is 67.0 Å². The van der Waals surface area contributed by atoms with E-state index in [2.05, 4.69) is 192 Å². The lowest BCUT2D eigenvalue weighted by Crippen LogP contribution is -2.32. The van der Waals surface area contributed by atoms with Crippen molar-refractivity contribution in [2.45, 2.75) is 50.5 Å². The summed E-state index contributed by atoms with van der Waals surface area (Å²) in [6.45, 7) is 2.31. The number of hydrogen-bond acceptors (Lipinski definition) is 3. The highest BCUT2D eigenvalue weighted by atomic mass is 15.2. The SMILES string of the molecule is CC1CC=CC=C1c1cc(C2C=CCCC2)nc(-c2cccc(N3c4ccccc4C4C=CC=C(c5ccccc5-n5c6ccccc6c6ccccc65)C43)c2)n1. The zero-order chi connectivity index (χ0) is 37.9. The van der Waals surface area contributed by atoms with Crippen molar-refractivity contribution in [1.82, 2.24) is 14.5 Å². The van der Waals surface area contributed by atoms with Crippen LogP contribution >= 0.6 is 0 Å². The van der Waals surface area contributed by atoms with E-state index in [0.29, 0.717) is 11.8 Å². The highest BCUT2D eigenvalue weighted by Gasteiger charge is 2.42. The van der Waals surface area contributed by atoms with Crippen molar-refractivity contribution >= 4 is 44.3 Å². The molecular formula is C53H44N4. The van der Waals surface area contributed by atoms with Crippen LogP contribution in [0.2, 0.25) is 0 Å². The van der Waals surface area contributed by atoms with E-state index in [9.17, 15) is 0 Å². The van der Waals surface area contributed by atoms with Crippen LogP contribution in [0.3, 0.4) is 0 Å². The van der Waals surface area contributed by atoms with Gasteiger partial charge in [-0.05, 0) is 90.8 Å². The maximum absolute atomic E-state index is 5.34. The number of hydrogen-bond donors (Lipinski definition) is 0. The van der Waals surface area contributed by atoms with Crippen molar-refractivity contribution < 1.29 is 0 Å². The second-order valence-corrected chi connectivity index (χ2v) is 16.0. The zero-order valence-electron chi connectivity index (χ0n) is 32.2. The fraction of sp³-hybridized carbons (Fsp3) is 0.170. The Balaban J connectivity index is 1.06. The number of allylic oxidation sites excluding steroid dienone is 8. The lowest BCUT2D eigenvalue weighted by Gasteiger charge is -2.34. The van der Waals surface area contributed by atoms with Crippen LogP contribution in [0, 0.1) is 5.92 Å². The van der Waals surface area contributed by atoms with Gasteiger partial charge in [-0.3, -0.25) is 0 Å². The molecule has 1 aliphatic heterocycles. The first-order valence-corrected chi connectivity index (χ1v) is 20.6. The minimum Gasteiger partial charge on any atom is -0.333 e. The van der Waals surface area contributed by atoms with Crippen LogP contribution in [-0.4, -0.2) is 20.6 Å². The number of aromatic nitrogens is 3. The molecule has 0 spiro atoms. The van der Waals surface area contributed by atoms with E-state index in [1.165, 1.54) is 61.9 Å². The Morgan fingerprint density at radius 3 is 2.21 bits per heavy atom. The minimum atomic E-state index is 0.0483. The molecule has 276 valence electrons. The first kappa shape index (κ1) is 33.8. The van der Waals surface area contributed by atoms with Gasteiger partial charge in [0.25, 0.3) is 0 Å². The Labute approximate surface area is 334 Å². The van der Waals surface area contributed by atoms with Gasteiger partial charge in [0.1, 0.15) is 0 Å². The molecule has 0 fully saturated rings. The van der Waals surface area contributed by atoms with Gasteiger partial charge in [0.2, 0.25) is 0 Å². The van der Waals surface area contributed by atoms with Crippen molar-refractivity contribution in [2.75, 3.05) is 4.90 Å². The molecule has 3 aliphatic carbocycles. The van der Waals surface area contributed by atoms with Gasteiger partial charge in [-0.2, -0.15) is 0 Å². The summed E-state index contributed by atoms with van der Waals surface area (Å²) in [6.07, 6.45) is 22.9. The topological polar surface area (TPSA) is 34.0 Å².